The number of quaternary nitrogens is 1. The molecule has 0 aliphatic carbocycles. The van der Waals surface area contributed by atoms with Gasteiger partial charge in [0.05, 0.1) is 13.1 Å². The third-order valence-corrected chi connectivity index (χ3v) is 7.71. The van der Waals surface area contributed by atoms with E-state index < -0.39 is 17.7 Å². The number of aryl methyl sites for hydroxylation is 1. The maximum absolute atomic E-state index is 13.7. The summed E-state index contributed by atoms with van der Waals surface area (Å²) in [5.41, 5.74) is -1.08. The predicted octanol–water partition coefficient (Wildman–Crippen LogP) is 3.99. The Balaban J connectivity index is 1.43. The van der Waals surface area contributed by atoms with Gasteiger partial charge in [-0.3, -0.25) is 5.32 Å². The monoisotopic (exact) mass is 476 g/mol. The summed E-state index contributed by atoms with van der Waals surface area (Å²) in [6.07, 6.45) is 0.999. The number of rotatable bonds is 5. The zero-order chi connectivity index (χ0) is 24.6. The molecule has 0 spiro atoms. The lowest BCUT2D eigenvalue weighted by atomic mass is 9.78. The maximum atomic E-state index is 13.7. The van der Waals surface area contributed by atoms with E-state index in [4.69, 9.17) is 9.26 Å². The predicted molar refractivity (Wildman–Crippen MR) is 128 cm³/mol. The SMILES string of the molecule is Cc1cc(NC(=O)[N+]23CCC(CC2)C(OC(=O)C(O)(c2ccccc2)c2ccccc2)[C@@H]3C)no1. The molecule has 1 aromatic heterocycles. The second-order valence-corrected chi connectivity index (χ2v) is 9.62. The van der Waals surface area contributed by atoms with Crippen molar-refractivity contribution in [3.05, 3.63) is 83.6 Å². The van der Waals surface area contributed by atoms with Gasteiger partial charge in [0.2, 0.25) is 5.60 Å². The number of nitrogens with one attached hydrogen (secondary N) is 1. The topological polar surface area (TPSA) is 102 Å². The zero-order valence-corrected chi connectivity index (χ0v) is 19.9. The van der Waals surface area contributed by atoms with Gasteiger partial charge in [-0.1, -0.05) is 65.8 Å². The Labute approximate surface area is 204 Å². The van der Waals surface area contributed by atoms with Crippen molar-refractivity contribution in [2.75, 3.05) is 18.4 Å². The van der Waals surface area contributed by atoms with E-state index in [-0.39, 0.29) is 22.5 Å². The van der Waals surface area contributed by atoms with E-state index in [0.717, 1.165) is 12.8 Å². The number of carbonyl (C=O) groups excluding carboxylic acids is 2. The Kier molecular flexibility index (Phi) is 5.94. The first-order valence-electron chi connectivity index (χ1n) is 12.0. The Morgan fingerprint density at radius 2 is 1.63 bits per heavy atom. The van der Waals surface area contributed by atoms with Crippen LogP contribution in [0.3, 0.4) is 0 Å². The molecule has 0 saturated carbocycles. The first kappa shape index (κ1) is 23.3. The number of nitrogens with zero attached hydrogens (tertiary/aromatic N) is 2. The van der Waals surface area contributed by atoms with Gasteiger partial charge in [0.15, 0.2) is 11.9 Å². The maximum Gasteiger partial charge on any atom is 0.422 e. The second-order valence-electron chi connectivity index (χ2n) is 9.62. The molecule has 4 heterocycles. The van der Waals surface area contributed by atoms with Crippen molar-refractivity contribution in [2.45, 2.75) is 44.4 Å². The van der Waals surface area contributed by atoms with Crippen molar-refractivity contribution in [1.82, 2.24) is 5.16 Å². The van der Waals surface area contributed by atoms with Crippen LogP contribution in [0.1, 0.15) is 36.7 Å². The standard InChI is InChI=1S/C27H29N3O5/c1-18-17-23(29-35-18)28-26(32)30-15-13-20(14-16-30)24(19(30)2)34-25(31)27(33,21-9-5-3-6-10-21)22-11-7-4-8-12-22/h3-12,17,19-20,24,33H,13-16H2,1-2H3/p+1/t19-,20?,24?,30?/m0/s1. The molecule has 3 aromatic rings. The first-order chi connectivity index (χ1) is 16.8. The molecule has 2 amide bonds. The molecule has 2 aromatic carbocycles. The fraction of sp³-hybridized carbons (Fsp3) is 0.370. The summed E-state index contributed by atoms with van der Waals surface area (Å²) in [6.45, 7) is 5.02. The fourth-order valence-corrected chi connectivity index (χ4v) is 5.66. The van der Waals surface area contributed by atoms with E-state index in [1.807, 2.05) is 19.1 Å². The van der Waals surface area contributed by atoms with E-state index in [1.165, 1.54) is 0 Å². The summed E-state index contributed by atoms with van der Waals surface area (Å²) in [5.74, 6) is 0.382. The number of benzene rings is 2. The zero-order valence-electron chi connectivity index (χ0n) is 19.9. The largest absolute Gasteiger partial charge is 0.453 e. The molecule has 3 saturated heterocycles. The summed E-state index contributed by atoms with van der Waals surface area (Å²) >= 11 is 0. The van der Waals surface area contributed by atoms with E-state index in [9.17, 15) is 14.7 Å². The highest BCUT2D eigenvalue weighted by Gasteiger charge is 2.58. The van der Waals surface area contributed by atoms with Crippen molar-refractivity contribution in [2.24, 2.45) is 5.92 Å². The van der Waals surface area contributed by atoms with Crippen LogP contribution >= 0.6 is 0 Å². The number of urea groups is 1. The van der Waals surface area contributed by atoms with Gasteiger partial charge in [-0.2, -0.15) is 0 Å². The quantitative estimate of drug-likeness (QED) is 0.427. The normalized spacial score (nSPS) is 25.7. The van der Waals surface area contributed by atoms with Crippen LogP contribution in [0.25, 0.3) is 0 Å². The van der Waals surface area contributed by atoms with Crippen LogP contribution in [-0.2, 0) is 15.1 Å². The van der Waals surface area contributed by atoms with Gasteiger partial charge in [-0.05, 0) is 25.0 Å². The number of amides is 2. The van der Waals surface area contributed by atoms with Crippen molar-refractivity contribution in [3.8, 4) is 0 Å². The molecule has 2 bridgehead atoms. The smallest absolute Gasteiger partial charge is 0.422 e. The average Bonchev–Trinajstić information content (AvgIpc) is 3.31. The lowest BCUT2D eigenvalue weighted by molar-refractivity contribution is -0.893. The number of fused-ring (bicyclic) bond motifs is 3. The van der Waals surface area contributed by atoms with Gasteiger partial charge in [-0.25, -0.2) is 14.1 Å². The van der Waals surface area contributed by atoms with E-state index in [1.54, 1.807) is 61.5 Å². The third kappa shape index (κ3) is 3.92. The number of piperidine rings is 3. The number of anilines is 1. The minimum absolute atomic E-state index is 0.131. The third-order valence-electron chi connectivity index (χ3n) is 7.71. The Morgan fingerprint density at radius 3 is 2.14 bits per heavy atom. The van der Waals surface area contributed by atoms with Crippen LogP contribution in [0.5, 0.6) is 0 Å². The molecule has 3 aliphatic rings. The van der Waals surface area contributed by atoms with Crippen LogP contribution in [0.4, 0.5) is 10.6 Å². The summed E-state index contributed by atoms with van der Waals surface area (Å²) in [4.78, 5) is 27.1. The van der Waals surface area contributed by atoms with Gasteiger partial charge in [0.1, 0.15) is 11.8 Å². The summed E-state index contributed by atoms with van der Waals surface area (Å²) in [6, 6.07) is 18.9. The molecule has 2 atom stereocenters. The molecule has 182 valence electrons. The van der Waals surface area contributed by atoms with Gasteiger partial charge < -0.3 is 14.4 Å². The number of hydrogen-bond donors (Lipinski definition) is 2. The number of hydrogen-bond acceptors (Lipinski definition) is 6. The Morgan fingerprint density at radius 1 is 1.06 bits per heavy atom. The minimum atomic E-state index is -1.96. The molecule has 8 nitrogen and oxygen atoms in total. The molecular formula is C27H30N3O5+. The van der Waals surface area contributed by atoms with E-state index in [2.05, 4.69) is 10.5 Å². The highest BCUT2D eigenvalue weighted by atomic mass is 16.6. The lowest BCUT2D eigenvalue weighted by Crippen LogP contribution is -2.72. The molecule has 8 heteroatoms. The highest BCUT2D eigenvalue weighted by molar-refractivity contribution is 5.86. The summed E-state index contributed by atoms with van der Waals surface area (Å²) in [5, 5.41) is 18.6. The van der Waals surface area contributed by atoms with Gasteiger partial charge in [0, 0.05) is 24.8 Å². The van der Waals surface area contributed by atoms with Crippen molar-refractivity contribution < 1.29 is 28.4 Å². The molecular weight excluding hydrogens is 446 g/mol. The van der Waals surface area contributed by atoms with Gasteiger partial charge in [-0.15, -0.1) is 0 Å². The molecule has 3 aliphatic heterocycles. The number of esters is 1. The number of carbonyl (C=O) groups is 2. The number of ether oxygens (including phenoxy) is 1. The molecule has 0 radical (unpaired) electrons. The van der Waals surface area contributed by atoms with Gasteiger partial charge >= 0.3 is 12.0 Å². The fourth-order valence-electron chi connectivity index (χ4n) is 5.66. The number of aromatic nitrogens is 1. The first-order valence-corrected chi connectivity index (χ1v) is 12.0. The Hall–Kier alpha value is -3.49. The van der Waals surface area contributed by atoms with Crippen LogP contribution in [0, 0.1) is 12.8 Å². The van der Waals surface area contributed by atoms with Crippen molar-refractivity contribution in [3.63, 3.8) is 0 Å². The molecule has 6 rings (SSSR count). The molecule has 3 fully saturated rings. The summed E-state index contributed by atoms with van der Waals surface area (Å²) in [7, 11) is 0. The van der Waals surface area contributed by atoms with Crippen LogP contribution in [0.2, 0.25) is 0 Å². The number of aliphatic hydroxyl groups is 1. The van der Waals surface area contributed by atoms with Crippen molar-refractivity contribution >= 4 is 17.8 Å². The van der Waals surface area contributed by atoms with Crippen LogP contribution < -0.4 is 5.32 Å². The van der Waals surface area contributed by atoms with E-state index >= 15 is 0 Å². The lowest BCUT2D eigenvalue weighted by Gasteiger charge is -2.54. The molecule has 1 unspecified atom stereocenters. The van der Waals surface area contributed by atoms with Crippen LogP contribution in [0.15, 0.2) is 71.3 Å². The van der Waals surface area contributed by atoms with Crippen LogP contribution in [-0.4, -0.2) is 52.0 Å². The summed E-state index contributed by atoms with van der Waals surface area (Å²) < 4.78 is 11.4. The minimum Gasteiger partial charge on any atom is -0.453 e. The Bertz CT molecular complexity index is 1160. The second kappa shape index (κ2) is 8.94. The van der Waals surface area contributed by atoms with Crippen molar-refractivity contribution in [1.29, 1.82) is 0 Å². The van der Waals surface area contributed by atoms with E-state index in [0.29, 0.717) is 35.8 Å². The highest BCUT2D eigenvalue weighted by Crippen LogP contribution is 2.42. The molecule has 35 heavy (non-hydrogen) atoms. The average molecular weight is 477 g/mol. The molecule has 2 N–H and O–H groups in total. The van der Waals surface area contributed by atoms with Gasteiger partial charge in [0.25, 0.3) is 0 Å².